The molecule has 0 fully saturated rings. The number of benzene rings is 2. The molecule has 3 aromatic rings. The molecule has 6 heteroatoms. The third-order valence-electron chi connectivity index (χ3n) is 3.93. The van der Waals surface area contributed by atoms with Crippen molar-refractivity contribution < 1.29 is 19.1 Å². The molecule has 0 saturated carbocycles. The lowest BCUT2D eigenvalue weighted by Gasteiger charge is -2.18. The van der Waals surface area contributed by atoms with Crippen molar-refractivity contribution in [3.63, 3.8) is 0 Å². The lowest BCUT2D eigenvalue weighted by molar-refractivity contribution is -0.124. The number of thiophene rings is 1. The number of ether oxygens (including phenoxy) is 2. The first-order chi connectivity index (χ1) is 13.2. The second-order valence-corrected chi connectivity index (χ2v) is 6.71. The minimum Gasteiger partial charge on any atom is -0.497 e. The van der Waals surface area contributed by atoms with E-state index in [1.165, 1.54) is 0 Å². The lowest BCUT2D eigenvalue weighted by Crippen LogP contribution is -2.32. The molecule has 3 rings (SSSR count). The summed E-state index contributed by atoms with van der Waals surface area (Å²) in [4.78, 5) is 25.5. The maximum Gasteiger partial charge on any atom is 0.338 e. The second kappa shape index (κ2) is 9.00. The zero-order valence-electron chi connectivity index (χ0n) is 14.8. The number of rotatable bonds is 7. The van der Waals surface area contributed by atoms with Crippen molar-refractivity contribution in [2.75, 3.05) is 13.7 Å². The normalized spacial score (nSPS) is 11.4. The van der Waals surface area contributed by atoms with Crippen molar-refractivity contribution in [2.24, 2.45) is 0 Å². The average Bonchev–Trinajstić information content (AvgIpc) is 3.25. The Kier molecular flexibility index (Phi) is 6.22. The SMILES string of the molecule is COc1ccc(C(=O)OCC(=O)N[C@@H](c2ccccc2)c2cccs2)cc1. The minimum atomic E-state index is -0.555. The summed E-state index contributed by atoms with van der Waals surface area (Å²) in [6.07, 6.45) is 0. The van der Waals surface area contributed by atoms with Crippen LogP contribution in [0.5, 0.6) is 5.75 Å². The van der Waals surface area contributed by atoms with Crippen molar-refractivity contribution in [2.45, 2.75) is 6.04 Å². The first-order valence-electron chi connectivity index (χ1n) is 8.36. The number of nitrogens with one attached hydrogen (secondary N) is 1. The van der Waals surface area contributed by atoms with Gasteiger partial charge in [0, 0.05) is 4.88 Å². The maximum atomic E-state index is 12.4. The largest absolute Gasteiger partial charge is 0.497 e. The molecular formula is C21H19NO4S. The Bertz CT molecular complexity index is 876. The number of amides is 1. The predicted octanol–water partition coefficient (Wildman–Crippen LogP) is 3.82. The van der Waals surface area contributed by atoms with Crippen LogP contribution in [0.4, 0.5) is 0 Å². The molecular weight excluding hydrogens is 362 g/mol. The third kappa shape index (κ3) is 4.95. The fraction of sp³-hybridized carbons (Fsp3) is 0.143. The molecule has 0 radical (unpaired) electrons. The lowest BCUT2D eigenvalue weighted by atomic mass is 10.1. The topological polar surface area (TPSA) is 64.6 Å². The van der Waals surface area contributed by atoms with E-state index in [1.807, 2.05) is 47.8 Å². The molecule has 1 aromatic heterocycles. The van der Waals surface area contributed by atoms with Gasteiger partial charge in [0.15, 0.2) is 6.61 Å². The van der Waals surface area contributed by atoms with Crippen LogP contribution in [0.2, 0.25) is 0 Å². The number of carbonyl (C=O) groups excluding carboxylic acids is 2. The molecule has 1 atom stereocenters. The Balaban J connectivity index is 1.61. The monoisotopic (exact) mass is 381 g/mol. The zero-order chi connectivity index (χ0) is 19.1. The van der Waals surface area contributed by atoms with Gasteiger partial charge in [-0.05, 0) is 41.3 Å². The molecule has 0 aliphatic rings. The Morgan fingerprint density at radius 3 is 2.37 bits per heavy atom. The smallest absolute Gasteiger partial charge is 0.338 e. The highest BCUT2D eigenvalue weighted by Crippen LogP contribution is 2.25. The van der Waals surface area contributed by atoms with Crippen molar-refractivity contribution in [1.82, 2.24) is 5.32 Å². The van der Waals surface area contributed by atoms with Crippen LogP contribution in [-0.2, 0) is 9.53 Å². The summed E-state index contributed by atoms with van der Waals surface area (Å²) in [6, 6.07) is 19.8. The highest BCUT2D eigenvalue weighted by molar-refractivity contribution is 7.10. The van der Waals surface area contributed by atoms with Gasteiger partial charge in [-0.2, -0.15) is 0 Å². The summed E-state index contributed by atoms with van der Waals surface area (Å²) in [5, 5.41) is 4.89. The zero-order valence-corrected chi connectivity index (χ0v) is 15.6. The molecule has 2 aromatic carbocycles. The van der Waals surface area contributed by atoms with E-state index in [9.17, 15) is 9.59 Å². The van der Waals surface area contributed by atoms with E-state index in [2.05, 4.69) is 5.32 Å². The van der Waals surface area contributed by atoms with Gasteiger partial charge in [0.1, 0.15) is 5.75 Å². The van der Waals surface area contributed by atoms with Crippen molar-refractivity contribution in [1.29, 1.82) is 0 Å². The number of hydrogen-bond acceptors (Lipinski definition) is 5. The summed E-state index contributed by atoms with van der Waals surface area (Å²) in [5.41, 5.74) is 1.33. The van der Waals surface area contributed by atoms with Gasteiger partial charge in [0.25, 0.3) is 5.91 Å². The maximum absolute atomic E-state index is 12.4. The van der Waals surface area contributed by atoms with Gasteiger partial charge >= 0.3 is 5.97 Å². The van der Waals surface area contributed by atoms with Gasteiger partial charge in [-0.25, -0.2) is 4.79 Å². The molecule has 0 bridgehead atoms. The molecule has 0 spiro atoms. The summed E-state index contributed by atoms with van der Waals surface area (Å²) >= 11 is 1.56. The Morgan fingerprint density at radius 1 is 1.00 bits per heavy atom. The molecule has 0 aliphatic carbocycles. The molecule has 27 heavy (non-hydrogen) atoms. The highest BCUT2D eigenvalue weighted by atomic mass is 32.1. The van der Waals surface area contributed by atoms with Crippen LogP contribution in [-0.4, -0.2) is 25.6 Å². The van der Waals surface area contributed by atoms with Crippen molar-refractivity contribution in [3.8, 4) is 5.75 Å². The Labute approximate surface area is 161 Å². The molecule has 1 N–H and O–H groups in total. The van der Waals surface area contributed by atoms with Crippen LogP contribution >= 0.6 is 11.3 Å². The van der Waals surface area contributed by atoms with Crippen LogP contribution in [0.25, 0.3) is 0 Å². The average molecular weight is 381 g/mol. The minimum absolute atomic E-state index is 0.279. The van der Waals surface area contributed by atoms with Gasteiger partial charge < -0.3 is 14.8 Å². The highest BCUT2D eigenvalue weighted by Gasteiger charge is 2.19. The summed E-state index contributed by atoms with van der Waals surface area (Å²) in [6.45, 7) is -0.348. The van der Waals surface area contributed by atoms with E-state index in [4.69, 9.17) is 9.47 Å². The quantitative estimate of drug-likeness (QED) is 0.632. The van der Waals surface area contributed by atoms with Crippen LogP contribution in [0.3, 0.4) is 0 Å². The molecule has 0 aliphatic heterocycles. The fourth-order valence-corrected chi connectivity index (χ4v) is 3.37. The van der Waals surface area contributed by atoms with Crippen LogP contribution in [0.15, 0.2) is 72.1 Å². The first-order valence-corrected chi connectivity index (χ1v) is 9.24. The van der Waals surface area contributed by atoms with E-state index in [0.29, 0.717) is 11.3 Å². The molecule has 138 valence electrons. The number of hydrogen-bond donors (Lipinski definition) is 1. The standard InChI is InChI=1S/C21H19NO4S/c1-25-17-11-9-16(10-12-17)21(24)26-14-19(23)22-20(18-8-5-13-27-18)15-6-3-2-4-7-15/h2-13,20H,14H2,1H3,(H,22,23)/t20-/m0/s1. The summed E-state index contributed by atoms with van der Waals surface area (Å²) in [7, 11) is 1.55. The van der Waals surface area contributed by atoms with E-state index in [-0.39, 0.29) is 18.6 Å². The third-order valence-corrected chi connectivity index (χ3v) is 4.86. The molecule has 5 nitrogen and oxygen atoms in total. The van der Waals surface area contributed by atoms with Gasteiger partial charge in [0.05, 0.1) is 18.7 Å². The van der Waals surface area contributed by atoms with Gasteiger partial charge in [0.2, 0.25) is 0 Å². The Morgan fingerprint density at radius 2 is 1.74 bits per heavy atom. The predicted molar refractivity (Wildman–Crippen MR) is 104 cm³/mol. The molecule has 1 amide bonds. The molecule has 0 saturated heterocycles. The number of methoxy groups -OCH3 is 1. The van der Waals surface area contributed by atoms with E-state index < -0.39 is 5.97 Å². The number of carbonyl (C=O) groups is 2. The summed E-state index contributed by atoms with van der Waals surface area (Å²) < 4.78 is 10.2. The first kappa shape index (κ1) is 18.7. The Hall–Kier alpha value is -3.12. The molecule has 1 heterocycles. The fourth-order valence-electron chi connectivity index (χ4n) is 2.56. The summed E-state index contributed by atoms with van der Waals surface area (Å²) in [5.74, 6) is -0.273. The van der Waals surface area contributed by atoms with E-state index >= 15 is 0 Å². The van der Waals surface area contributed by atoms with E-state index in [1.54, 1.807) is 42.7 Å². The van der Waals surface area contributed by atoms with Crippen LogP contribution in [0, 0.1) is 0 Å². The van der Waals surface area contributed by atoms with Gasteiger partial charge in [-0.15, -0.1) is 11.3 Å². The molecule has 0 unspecified atom stereocenters. The van der Waals surface area contributed by atoms with Gasteiger partial charge in [-0.1, -0.05) is 36.4 Å². The van der Waals surface area contributed by atoms with Gasteiger partial charge in [-0.3, -0.25) is 4.79 Å². The second-order valence-electron chi connectivity index (χ2n) is 5.73. The van der Waals surface area contributed by atoms with Crippen molar-refractivity contribution in [3.05, 3.63) is 88.1 Å². The van der Waals surface area contributed by atoms with Crippen molar-refractivity contribution >= 4 is 23.2 Å². The van der Waals surface area contributed by atoms with Crippen LogP contribution in [0.1, 0.15) is 26.8 Å². The van der Waals surface area contributed by atoms with E-state index in [0.717, 1.165) is 10.4 Å². The number of esters is 1. The van der Waals surface area contributed by atoms with Crippen LogP contribution < -0.4 is 10.1 Å².